The first-order valence-electron chi connectivity index (χ1n) is 7.03. The minimum Gasteiger partial charge on any atom is -0.497 e. The molecule has 2 aromatic rings. The number of nitrogens with one attached hydrogen (secondary N) is 1. The number of urea groups is 1. The largest absolute Gasteiger partial charge is 0.497 e. The van der Waals surface area contributed by atoms with E-state index in [1.165, 1.54) is 17.6 Å². The van der Waals surface area contributed by atoms with E-state index in [-0.39, 0.29) is 0 Å². The Labute approximate surface area is 151 Å². The molecule has 3 amide bonds. The predicted molar refractivity (Wildman–Crippen MR) is 95.3 cm³/mol. The molecule has 2 heterocycles. The van der Waals surface area contributed by atoms with Gasteiger partial charge in [-0.3, -0.25) is 4.79 Å². The highest BCUT2D eigenvalue weighted by Gasteiger charge is 2.49. The van der Waals surface area contributed by atoms with Gasteiger partial charge in [-0.1, -0.05) is 12.1 Å². The minimum atomic E-state index is -1.16. The second-order valence-corrected chi connectivity index (χ2v) is 7.17. The van der Waals surface area contributed by atoms with Gasteiger partial charge in [-0.15, -0.1) is 16.3 Å². The van der Waals surface area contributed by atoms with Gasteiger partial charge in [0.2, 0.25) is 0 Å². The number of carbonyl (C=O) groups is 2. The molecule has 6 nitrogen and oxygen atoms in total. The van der Waals surface area contributed by atoms with Crippen molar-refractivity contribution in [3.63, 3.8) is 0 Å². The Bertz CT molecular complexity index is 818. The molecule has 0 bridgehead atoms. The van der Waals surface area contributed by atoms with Crippen LogP contribution in [-0.4, -0.2) is 30.3 Å². The average molecular weight is 408 g/mol. The number of nitrogens with zero attached hydrogens (tertiary/aromatic N) is 2. The van der Waals surface area contributed by atoms with E-state index >= 15 is 0 Å². The third-order valence-electron chi connectivity index (χ3n) is 3.72. The van der Waals surface area contributed by atoms with Crippen LogP contribution in [0, 0.1) is 0 Å². The van der Waals surface area contributed by atoms with Crippen LogP contribution in [-0.2, 0) is 10.3 Å². The Kier molecular flexibility index (Phi) is 4.42. The summed E-state index contributed by atoms with van der Waals surface area (Å²) in [7, 11) is 1.57. The lowest BCUT2D eigenvalue weighted by molar-refractivity contribution is -0.131. The molecule has 0 aliphatic carbocycles. The van der Waals surface area contributed by atoms with E-state index in [1.807, 2.05) is 11.4 Å². The first-order valence-corrected chi connectivity index (χ1v) is 8.70. The van der Waals surface area contributed by atoms with Crippen molar-refractivity contribution in [2.24, 2.45) is 5.10 Å². The molecule has 0 radical (unpaired) electrons. The summed E-state index contributed by atoms with van der Waals surface area (Å²) < 4.78 is 6.04. The fraction of sp³-hybridized carbons (Fsp3) is 0.188. The molecule has 8 heteroatoms. The summed E-state index contributed by atoms with van der Waals surface area (Å²) in [6.45, 7) is 1.66. The molecule has 24 heavy (non-hydrogen) atoms. The van der Waals surface area contributed by atoms with Crippen LogP contribution < -0.4 is 10.1 Å². The van der Waals surface area contributed by atoms with Gasteiger partial charge in [0, 0.05) is 14.7 Å². The number of carbonyl (C=O) groups excluding carboxylic acids is 2. The van der Waals surface area contributed by atoms with E-state index in [0.29, 0.717) is 11.3 Å². The highest BCUT2D eigenvalue weighted by molar-refractivity contribution is 9.10. The minimum absolute atomic E-state index is 0.426. The fourth-order valence-corrected chi connectivity index (χ4v) is 3.66. The van der Waals surface area contributed by atoms with Gasteiger partial charge in [0.25, 0.3) is 5.91 Å². The quantitative estimate of drug-likeness (QED) is 0.623. The number of methoxy groups -OCH3 is 1. The van der Waals surface area contributed by atoms with E-state index in [0.717, 1.165) is 14.4 Å². The number of hydrogen-bond donors (Lipinski definition) is 1. The normalized spacial score (nSPS) is 20.7. The lowest BCUT2D eigenvalue weighted by Gasteiger charge is -2.21. The molecule has 1 aromatic heterocycles. The van der Waals surface area contributed by atoms with Crippen molar-refractivity contribution in [3.05, 3.63) is 50.6 Å². The summed E-state index contributed by atoms with van der Waals surface area (Å²) in [5.41, 5.74) is -0.491. The van der Waals surface area contributed by atoms with Gasteiger partial charge < -0.3 is 10.1 Å². The maximum Gasteiger partial charge on any atom is 0.346 e. The van der Waals surface area contributed by atoms with Gasteiger partial charge in [-0.25, -0.2) is 4.79 Å². The maximum absolute atomic E-state index is 12.7. The Balaban J connectivity index is 1.85. The second-order valence-electron chi connectivity index (χ2n) is 5.31. The van der Waals surface area contributed by atoms with Gasteiger partial charge in [-0.2, -0.15) is 5.10 Å². The molecular formula is C16H14BrN3O3S. The van der Waals surface area contributed by atoms with Crippen LogP contribution in [0.15, 0.2) is 45.3 Å². The molecule has 0 spiro atoms. The average Bonchev–Trinajstić information content (AvgIpc) is 3.08. The number of imide groups is 1. The molecule has 1 aliphatic rings. The molecular weight excluding hydrogens is 394 g/mol. The van der Waals surface area contributed by atoms with Crippen molar-refractivity contribution in [2.45, 2.75) is 12.5 Å². The SMILES string of the molecule is COc1ccc(C2(C)NC(=O)N(/N=C/c3cc(Br)cs3)C2=O)cc1. The maximum atomic E-state index is 12.7. The zero-order valence-corrected chi connectivity index (χ0v) is 15.3. The summed E-state index contributed by atoms with van der Waals surface area (Å²) in [6.07, 6.45) is 1.49. The van der Waals surface area contributed by atoms with Gasteiger partial charge in [-0.05, 0) is 46.6 Å². The molecule has 3 rings (SSSR count). The van der Waals surface area contributed by atoms with E-state index in [1.54, 1.807) is 38.3 Å². The van der Waals surface area contributed by atoms with E-state index < -0.39 is 17.5 Å². The molecule has 1 atom stereocenters. The van der Waals surface area contributed by atoms with Crippen molar-refractivity contribution >= 4 is 45.4 Å². The standard InChI is InChI=1S/C16H14BrN3O3S/c1-16(10-3-5-12(23-2)6-4-10)14(21)20(15(22)19-16)18-8-13-7-11(17)9-24-13/h3-9H,1-2H3,(H,19,22)/b18-8+. The van der Waals surface area contributed by atoms with Crippen molar-refractivity contribution in [1.82, 2.24) is 10.3 Å². The molecule has 1 aliphatic heterocycles. The van der Waals surface area contributed by atoms with Gasteiger partial charge in [0.15, 0.2) is 0 Å². The van der Waals surface area contributed by atoms with Crippen LogP contribution in [0.5, 0.6) is 5.75 Å². The Morgan fingerprint density at radius 2 is 2.04 bits per heavy atom. The highest BCUT2D eigenvalue weighted by Crippen LogP contribution is 2.30. The van der Waals surface area contributed by atoms with Gasteiger partial charge >= 0.3 is 6.03 Å². The lowest BCUT2D eigenvalue weighted by Crippen LogP contribution is -2.40. The summed E-state index contributed by atoms with van der Waals surface area (Å²) in [4.78, 5) is 25.7. The molecule has 1 fully saturated rings. The zero-order chi connectivity index (χ0) is 17.3. The zero-order valence-electron chi connectivity index (χ0n) is 12.9. The predicted octanol–water partition coefficient (Wildman–Crippen LogP) is 3.32. The highest BCUT2D eigenvalue weighted by atomic mass is 79.9. The van der Waals surface area contributed by atoms with E-state index in [2.05, 4.69) is 26.3 Å². The topological polar surface area (TPSA) is 71.0 Å². The van der Waals surface area contributed by atoms with Crippen LogP contribution in [0.3, 0.4) is 0 Å². The third kappa shape index (κ3) is 2.94. The van der Waals surface area contributed by atoms with E-state index in [4.69, 9.17) is 4.74 Å². The number of ether oxygens (including phenoxy) is 1. The molecule has 1 unspecified atom stereocenters. The smallest absolute Gasteiger partial charge is 0.346 e. The molecule has 1 N–H and O–H groups in total. The fourth-order valence-electron chi connectivity index (χ4n) is 2.36. The first-order chi connectivity index (χ1) is 11.4. The molecule has 0 saturated carbocycles. The van der Waals surface area contributed by atoms with Crippen LogP contribution in [0.1, 0.15) is 17.4 Å². The van der Waals surface area contributed by atoms with E-state index in [9.17, 15) is 9.59 Å². The lowest BCUT2D eigenvalue weighted by atomic mass is 9.92. The van der Waals surface area contributed by atoms with Crippen LogP contribution in [0.25, 0.3) is 0 Å². The van der Waals surface area contributed by atoms with Crippen molar-refractivity contribution in [1.29, 1.82) is 0 Å². The van der Waals surface area contributed by atoms with Gasteiger partial charge in [0.05, 0.1) is 13.3 Å². The molecule has 124 valence electrons. The Morgan fingerprint density at radius 3 is 2.62 bits per heavy atom. The molecule has 1 aromatic carbocycles. The van der Waals surface area contributed by atoms with Crippen LogP contribution in [0.2, 0.25) is 0 Å². The van der Waals surface area contributed by atoms with Crippen molar-refractivity contribution in [2.75, 3.05) is 7.11 Å². The number of rotatable bonds is 4. The summed E-state index contributed by atoms with van der Waals surface area (Å²) in [6, 6.07) is 8.30. The number of halogens is 1. The monoisotopic (exact) mass is 407 g/mol. The Morgan fingerprint density at radius 1 is 1.33 bits per heavy atom. The summed E-state index contributed by atoms with van der Waals surface area (Å²) >= 11 is 4.80. The van der Waals surface area contributed by atoms with Crippen LogP contribution >= 0.6 is 27.3 Å². The Hall–Kier alpha value is -2.19. The summed E-state index contributed by atoms with van der Waals surface area (Å²) in [5, 5.41) is 9.49. The number of thiophene rings is 1. The van der Waals surface area contributed by atoms with Crippen molar-refractivity contribution < 1.29 is 14.3 Å². The number of hydrazone groups is 1. The number of benzene rings is 1. The summed E-state index contributed by atoms with van der Waals surface area (Å²) in [5.74, 6) is 0.252. The van der Waals surface area contributed by atoms with Crippen LogP contribution in [0.4, 0.5) is 4.79 Å². The first kappa shape index (κ1) is 16.7. The van der Waals surface area contributed by atoms with Gasteiger partial charge in [0.1, 0.15) is 11.3 Å². The van der Waals surface area contributed by atoms with Crippen molar-refractivity contribution in [3.8, 4) is 5.75 Å². The third-order valence-corrected chi connectivity index (χ3v) is 5.35. The molecule has 1 saturated heterocycles. The number of hydrogen-bond acceptors (Lipinski definition) is 5. The number of amides is 3. The second kappa shape index (κ2) is 6.37.